The molecule has 0 fully saturated rings. The van der Waals surface area contributed by atoms with Crippen molar-refractivity contribution < 1.29 is 14.3 Å². The van der Waals surface area contributed by atoms with E-state index in [1.807, 2.05) is 0 Å². The minimum absolute atomic E-state index is 0.0959. The number of hydrogen-bond acceptors (Lipinski definition) is 7. The van der Waals surface area contributed by atoms with E-state index in [9.17, 15) is 14.4 Å². The maximum Gasteiger partial charge on any atom is 0.318 e. The zero-order chi connectivity index (χ0) is 19.6. The average Bonchev–Trinajstić information content (AvgIpc) is 2.99. The van der Waals surface area contributed by atoms with Crippen molar-refractivity contribution in [3.05, 3.63) is 20.8 Å². The van der Waals surface area contributed by atoms with Crippen molar-refractivity contribution in [3.8, 4) is 0 Å². The molecule has 2 heterocycles. The number of carbonyl (C=O) groups excluding carboxylic acids is 2. The summed E-state index contributed by atoms with van der Waals surface area (Å²) in [6.07, 6.45) is 4.09. The molecular formula is C17H22N4O4S2. The van der Waals surface area contributed by atoms with Crippen molar-refractivity contribution >= 4 is 45.3 Å². The van der Waals surface area contributed by atoms with Gasteiger partial charge in [-0.05, 0) is 38.2 Å². The first-order valence-corrected chi connectivity index (χ1v) is 10.4. The van der Waals surface area contributed by atoms with Gasteiger partial charge in [-0.3, -0.25) is 19.5 Å². The largest absolute Gasteiger partial charge is 0.383 e. The lowest BCUT2D eigenvalue weighted by molar-refractivity contribution is -0.119. The van der Waals surface area contributed by atoms with Crippen molar-refractivity contribution in [2.45, 2.75) is 49.6 Å². The summed E-state index contributed by atoms with van der Waals surface area (Å²) in [5.74, 6) is -0.523. The van der Waals surface area contributed by atoms with E-state index in [0.29, 0.717) is 28.5 Å². The second kappa shape index (κ2) is 8.41. The molecule has 0 bridgehead atoms. The van der Waals surface area contributed by atoms with Crippen LogP contribution in [-0.4, -0.2) is 40.5 Å². The lowest BCUT2D eigenvalue weighted by Crippen LogP contribution is -2.39. The summed E-state index contributed by atoms with van der Waals surface area (Å²) in [5, 5.41) is 2.56. The molecule has 0 saturated heterocycles. The van der Waals surface area contributed by atoms with Gasteiger partial charge in [0, 0.05) is 12.0 Å². The Labute approximate surface area is 164 Å². The number of aromatic nitrogens is 2. The number of amides is 3. The first-order chi connectivity index (χ1) is 12.9. The second-order valence-electron chi connectivity index (χ2n) is 6.35. The van der Waals surface area contributed by atoms with E-state index in [1.165, 1.54) is 4.88 Å². The van der Waals surface area contributed by atoms with Gasteiger partial charge in [0.2, 0.25) is 5.91 Å². The molecule has 8 nitrogen and oxygen atoms in total. The summed E-state index contributed by atoms with van der Waals surface area (Å²) < 4.78 is 6.69. The molecule has 0 radical (unpaired) electrons. The van der Waals surface area contributed by atoms with Crippen LogP contribution in [0.2, 0.25) is 0 Å². The predicted octanol–water partition coefficient (Wildman–Crippen LogP) is 1.66. The minimum Gasteiger partial charge on any atom is -0.383 e. The van der Waals surface area contributed by atoms with E-state index >= 15 is 0 Å². The number of primary amides is 1. The van der Waals surface area contributed by atoms with Crippen molar-refractivity contribution in [3.63, 3.8) is 0 Å². The number of nitrogens with two attached hydrogens (primary N) is 1. The third-order valence-electron chi connectivity index (χ3n) is 4.46. The number of methoxy groups -OCH3 is 1. The van der Waals surface area contributed by atoms with Crippen molar-refractivity contribution in [2.24, 2.45) is 5.73 Å². The van der Waals surface area contributed by atoms with Gasteiger partial charge in [-0.15, -0.1) is 11.3 Å². The molecule has 0 aromatic carbocycles. The summed E-state index contributed by atoms with van der Waals surface area (Å²) in [6.45, 7) is 2.34. The van der Waals surface area contributed by atoms with Crippen LogP contribution in [0.1, 0.15) is 30.2 Å². The van der Waals surface area contributed by atoms with Crippen molar-refractivity contribution in [2.75, 3.05) is 13.7 Å². The third kappa shape index (κ3) is 4.17. The number of aryl methyl sites for hydroxylation is 2. The predicted molar refractivity (Wildman–Crippen MR) is 105 cm³/mol. The first-order valence-electron chi connectivity index (χ1n) is 8.73. The average molecular weight is 411 g/mol. The van der Waals surface area contributed by atoms with Crippen LogP contribution in [0.25, 0.3) is 10.2 Å². The summed E-state index contributed by atoms with van der Waals surface area (Å²) >= 11 is 2.69. The molecule has 1 aliphatic rings. The Bertz CT molecular complexity index is 937. The van der Waals surface area contributed by atoms with E-state index in [4.69, 9.17) is 10.5 Å². The molecule has 3 amide bonds. The minimum atomic E-state index is -0.904. The fraction of sp³-hybridized carbons (Fsp3) is 0.529. The topological polar surface area (TPSA) is 116 Å². The standard InChI is InChI=1S/C17H22N4O4S2/c1-9(13(22)19-16(18)24)26-17-20-14-12(15(23)21(17)7-8-25-2)10-5-3-4-6-11(10)27-14/h9H,3-8H2,1-2H3,(H3,18,19,22,24)/t9-/m1/s1. The molecule has 2 aromatic heterocycles. The van der Waals surface area contributed by atoms with E-state index in [2.05, 4.69) is 10.3 Å². The van der Waals surface area contributed by atoms with Crippen LogP contribution in [0.5, 0.6) is 0 Å². The van der Waals surface area contributed by atoms with E-state index < -0.39 is 17.2 Å². The summed E-state index contributed by atoms with van der Waals surface area (Å²) in [7, 11) is 1.57. The lowest BCUT2D eigenvalue weighted by atomic mass is 9.97. The Morgan fingerprint density at radius 1 is 1.41 bits per heavy atom. The molecule has 27 heavy (non-hydrogen) atoms. The normalized spacial score (nSPS) is 14.7. The van der Waals surface area contributed by atoms with Crippen LogP contribution < -0.4 is 16.6 Å². The van der Waals surface area contributed by atoms with Gasteiger partial charge in [0.05, 0.1) is 23.8 Å². The molecule has 3 rings (SSSR count). The highest BCUT2D eigenvalue weighted by Gasteiger charge is 2.24. The highest BCUT2D eigenvalue weighted by atomic mass is 32.2. The van der Waals surface area contributed by atoms with Gasteiger partial charge >= 0.3 is 6.03 Å². The number of thioether (sulfide) groups is 1. The van der Waals surface area contributed by atoms with E-state index in [-0.39, 0.29) is 5.56 Å². The van der Waals surface area contributed by atoms with E-state index in [0.717, 1.165) is 43.0 Å². The molecular weight excluding hydrogens is 388 g/mol. The molecule has 0 saturated carbocycles. The number of ether oxygens (including phenoxy) is 1. The molecule has 0 spiro atoms. The van der Waals surface area contributed by atoms with E-state index in [1.54, 1.807) is 29.9 Å². The monoisotopic (exact) mass is 410 g/mol. The van der Waals surface area contributed by atoms with Gasteiger partial charge in [-0.1, -0.05) is 11.8 Å². The highest BCUT2D eigenvalue weighted by Crippen LogP contribution is 2.35. The number of urea groups is 1. The number of imide groups is 1. The Morgan fingerprint density at radius 2 is 2.15 bits per heavy atom. The number of nitrogens with one attached hydrogen (secondary N) is 1. The maximum absolute atomic E-state index is 13.2. The van der Waals surface area contributed by atoms with Gasteiger partial charge in [-0.25, -0.2) is 9.78 Å². The molecule has 146 valence electrons. The summed E-state index contributed by atoms with van der Waals surface area (Å²) in [5.41, 5.74) is 6.04. The fourth-order valence-corrected chi connectivity index (χ4v) is 5.36. The molecule has 2 aromatic rings. The Balaban J connectivity index is 2.03. The molecule has 3 N–H and O–H groups in total. The SMILES string of the molecule is COCCn1c(S[C@H](C)C(=O)NC(N)=O)nc2sc3c(c2c1=O)CCCC3. The number of carbonyl (C=O) groups is 2. The second-order valence-corrected chi connectivity index (χ2v) is 8.74. The zero-order valence-corrected chi connectivity index (χ0v) is 16.9. The summed E-state index contributed by atoms with van der Waals surface area (Å²) in [4.78, 5) is 42.8. The molecule has 0 unspecified atom stereocenters. The lowest BCUT2D eigenvalue weighted by Gasteiger charge is -2.15. The Kier molecular flexibility index (Phi) is 6.18. The van der Waals surface area contributed by atoms with Crippen LogP contribution in [0.3, 0.4) is 0 Å². The molecule has 1 aliphatic carbocycles. The number of nitrogens with zero attached hydrogens (tertiary/aromatic N) is 2. The van der Waals surface area contributed by atoms with Gasteiger partial charge in [-0.2, -0.15) is 0 Å². The van der Waals surface area contributed by atoms with Crippen LogP contribution in [0, 0.1) is 0 Å². The number of fused-ring (bicyclic) bond motifs is 3. The smallest absolute Gasteiger partial charge is 0.318 e. The van der Waals surface area contributed by atoms with Crippen molar-refractivity contribution in [1.82, 2.24) is 14.9 Å². The molecule has 1 atom stereocenters. The fourth-order valence-electron chi connectivity index (χ4n) is 3.12. The number of rotatable bonds is 6. The van der Waals surface area contributed by atoms with Crippen molar-refractivity contribution in [1.29, 1.82) is 0 Å². The van der Waals surface area contributed by atoms with Gasteiger partial charge in [0.15, 0.2) is 5.16 Å². The third-order valence-corrected chi connectivity index (χ3v) is 6.73. The van der Waals surface area contributed by atoms with Crippen LogP contribution in [-0.2, 0) is 28.9 Å². The van der Waals surface area contributed by atoms with Crippen LogP contribution in [0.15, 0.2) is 9.95 Å². The number of hydrogen-bond donors (Lipinski definition) is 2. The Morgan fingerprint density at radius 3 is 2.85 bits per heavy atom. The van der Waals surface area contributed by atoms with Gasteiger partial charge < -0.3 is 10.5 Å². The number of thiophene rings is 1. The summed E-state index contributed by atoms with van der Waals surface area (Å²) in [6, 6.07) is -0.904. The van der Waals surface area contributed by atoms with Gasteiger partial charge in [0.25, 0.3) is 5.56 Å². The first kappa shape index (κ1) is 19.8. The highest BCUT2D eigenvalue weighted by molar-refractivity contribution is 8.00. The molecule has 0 aliphatic heterocycles. The van der Waals surface area contributed by atoms with Crippen LogP contribution in [0.4, 0.5) is 4.79 Å². The quantitative estimate of drug-likeness (QED) is 0.553. The Hall–Kier alpha value is -1.91. The maximum atomic E-state index is 13.2. The zero-order valence-electron chi connectivity index (χ0n) is 15.2. The van der Waals surface area contributed by atoms with Gasteiger partial charge in [0.1, 0.15) is 4.83 Å². The molecule has 10 heteroatoms. The van der Waals surface area contributed by atoms with Crippen LogP contribution >= 0.6 is 23.1 Å².